The smallest absolute Gasteiger partial charge is 0.0786 e. The summed E-state index contributed by atoms with van der Waals surface area (Å²) in [6.07, 6.45) is 11.2. The van der Waals surface area contributed by atoms with Gasteiger partial charge in [0.15, 0.2) is 0 Å². The number of hydrogen-bond acceptors (Lipinski definition) is 1. The Hall–Kier alpha value is -0.0800. The van der Waals surface area contributed by atoms with Crippen LogP contribution in [0.25, 0.3) is 0 Å². The van der Waals surface area contributed by atoms with Gasteiger partial charge in [-0.2, -0.15) is 0 Å². The number of rotatable bonds is 6. The second-order valence-electron chi connectivity index (χ2n) is 7.23. The van der Waals surface area contributed by atoms with Gasteiger partial charge in [0.05, 0.1) is 26.7 Å². The summed E-state index contributed by atoms with van der Waals surface area (Å²) < 4.78 is 1.36. The molecule has 2 rings (SSSR count). The molecule has 2 heterocycles. The van der Waals surface area contributed by atoms with Crippen LogP contribution in [0.3, 0.4) is 0 Å². The molecule has 2 aliphatic rings. The summed E-state index contributed by atoms with van der Waals surface area (Å²) in [5.74, 6) is 0. The Morgan fingerprint density at radius 1 is 1.00 bits per heavy atom. The van der Waals surface area contributed by atoms with E-state index in [1.165, 1.54) is 88.6 Å². The first-order valence-electron chi connectivity index (χ1n) is 9.19. The maximum atomic E-state index is 2.61. The summed E-state index contributed by atoms with van der Waals surface area (Å²) in [6.45, 7) is 13.8. The normalized spacial score (nSPS) is 25.5. The standard InChI is InChI=1S/C9H20N.C9H19N/c1-3-4-7-10(2)8-5-6-9-10;1-3-4-7-10-8-5-6-9(10)2/h3-9H2,1-2H3;9H,3-8H2,1-2H3/q+1;. The summed E-state index contributed by atoms with van der Waals surface area (Å²) in [7, 11) is 2.41. The number of likely N-dealkylation sites (tertiary alicyclic amines) is 2. The van der Waals surface area contributed by atoms with E-state index in [9.17, 15) is 0 Å². The molecule has 20 heavy (non-hydrogen) atoms. The van der Waals surface area contributed by atoms with Crippen molar-refractivity contribution in [2.45, 2.75) is 78.2 Å². The Balaban J connectivity index is 0.000000200. The topological polar surface area (TPSA) is 3.24 Å². The molecule has 0 saturated carbocycles. The highest BCUT2D eigenvalue weighted by Crippen LogP contribution is 2.17. The lowest BCUT2D eigenvalue weighted by Gasteiger charge is -2.28. The van der Waals surface area contributed by atoms with Gasteiger partial charge in [-0.15, -0.1) is 0 Å². The van der Waals surface area contributed by atoms with Crippen LogP contribution in [0.2, 0.25) is 0 Å². The maximum Gasteiger partial charge on any atom is 0.0786 e. The van der Waals surface area contributed by atoms with E-state index in [2.05, 4.69) is 32.7 Å². The largest absolute Gasteiger partial charge is 0.326 e. The summed E-state index contributed by atoms with van der Waals surface area (Å²) in [6, 6.07) is 0.867. The molecule has 0 radical (unpaired) electrons. The molecular weight excluding hydrogens is 244 g/mol. The van der Waals surface area contributed by atoms with Gasteiger partial charge < -0.3 is 9.38 Å². The van der Waals surface area contributed by atoms with Crippen LogP contribution in [-0.4, -0.2) is 55.2 Å². The highest BCUT2D eigenvalue weighted by Gasteiger charge is 2.25. The van der Waals surface area contributed by atoms with Gasteiger partial charge in [-0.3, -0.25) is 0 Å². The predicted octanol–water partition coefficient (Wildman–Crippen LogP) is 4.30. The zero-order chi connectivity index (χ0) is 14.8. The molecule has 0 bridgehead atoms. The molecule has 0 aliphatic carbocycles. The molecular formula is C18H39N2+. The fourth-order valence-electron chi connectivity index (χ4n) is 3.55. The molecule has 1 atom stereocenters. The third-order valence-corrected chi connectivity index (χ3v) is 5.19. The van der Waals surface area contributed by atoms with Gasteiger partial charge in [-0.05, 0) is 45.7 Å². The third-order valence-electron chi connectivity index (χ3n) is 5.19. The van der Waals surface area contributed by atoms with Gasteiger partial charge in [0.25, 0.3) is 0 Å². The average molecular weight is 284 g/mol. The number of nitrogens with zero attached hydrogens (tertiary/aromatic N) is 2. The molecule has 0 amide bonds. The SMILES string of the molecule is CCCCN1CCCC1C.CCCC[N+]1(C)CCCC1. The molecule has 120 valence electrons. The van der Waals surface area contributed by atoms with E-state index in [0.29, 0.717) is 0 Å². The van der Waals surface area contributed by atoms with E-state index in [1.54, 1.807) is 0 Å². The minimum Gasteiger partial charge on any atom is -0.326 e. The van der Waals surface area contributed by atoms with Gasteiger partial charge in [0.1, 0.15) is 0 Å². The maximum absolute atomic E-state index is 2.61. The Kier molecular flexibility index (Phi) is 8.79. The van der Waals surface area contributed by atoms with Crippen molar-refractivity contribution in [2.24, 2.45) is 0 Å². The van der Waals surface area contributed by atoms with E-state index < -0.39 is 0 Å². The van der Waals surface area contributed by atoms with Gasteiger partial charge in [0.2, 0.25) is 0 Å². The van der Waals surface area contributed by atoms with Crippen LogP contribution in [0.15, 0.2) is 0 Å². The highest BCUT2D eigenvalue weighted by atomic mass is 15.3. The van der Waals surface area contributed by atoms with Crippen molar-refractivity contribution in [1.29, 1.82) is 0 Å². The minimum atomic E-state index is 0.867. The van der Waals surface area contributed by atoms with Crippen molar-refractivity contribution in [2.75, 3.05) is 39.8 Å². The Morgan fingerprint density at radius 2 is 1.65 bits per heavy atom. The van der Waals surface area contributed by atoms with Crippen LogP contribution < -0.4 is 0 Å². The third kappa shape index (κ3) is 6.58. The highest BCUT2D eigenvalue weighted by molar-refractivity contribution is 4.74. The van der Waals surface area contributed by atoms with Crippen molar-refractivity contribution < 1.29 is 4.48 Å². The lowest BCUT2D eigenvalue weighted by Crippen LogP contribution is -2.41. The molecule has 2 fully saturated rings. The van der Waals surface area contributed by atoms with Crippen LogP contribution >= 0.6 is 0 Å². The van der Waals surface area contributed by atoms with Gasteiger partial charge >= 0.3 is 0 Å². The monoisotopic (exact) mass is 283 g/mol. The van der Waals surface area contributed by atoms with E-state index >= 15 is 0 Å². The second kappa shape index (κ2) is 9.78. The number of unbranched alkanes of at least 4 members (excludes halogenated alkanes) is 2. The van der Waals surface area contributed by atoms with Gasteiger partial charge in [0, 0.05) is 18.9 Å². The first-order valence-corrected chi connectivity index (χ1v) is 9.19. The molecule has 0 spiro atoms. The molecule has 2 nitrogen and oxygen atoms in total. The first-order chi connectivity index (χ1) is 9.61. The van der Waals surface area contributed by atoms with Crippen molar-refractivity contribution in [1.82, 2.24) is 4.90 Å². The Bertz CT molecular complexity index is 234. The van der Waals surface area contributed by atoms with Crippen LogP contribution in [0, 0.1) is 0 Å². The Labute approximate surface area is 128 Å². The van der Waals surface area contributed by atoms with Gasteiger partial charge in [-0.25, -0.2) is 0 Å². The average Bonchev–Trinajstić information content (AvgIpc) is 3.05. The van der Waals surface area contributed by atoms with E-state index in [-0.39, 0.29) is 0 Å². The number of quaternary nitrogens is 1. The van der Waals surface area contributed by atoms with Crippen LogP contribution in [0.5, 0.6) is 0 Å². The second-order valence-corrected chi connectivity index (χ2v) is 7.23. The fourth-order valence-corrected chi connectivity index (χ4v) is 3.55. The summed E-state index contributed by atoms with van der Waals surface area (Å²) >= 11 is 0. The number of hydrogen-bond donors (Lipinski definition) is 0. The van der Waals surface area contributed by atoms with Crippen molar-refractivity contribution in [3.8, 4) is 0 Å². The lowest BCUT2D eigenvalue weighted by atomic mass is 10.2. The molecule has 2 aliphatic heterocycles. The van der Waals surface area contributed by atoms with E-state index in [0.717, 1.165) is 6.04 Å². The predicted molar refractivity (Wildman–Crippen MR) is 90.1 cm³/mol. The lowest BCUT2D eigenvalue weighted by molar-refractivity contribution is -0.897. The van der Waals surface area contributed by atoms with Crippen molar-refractivity contribution in [3.05, 3.63) is 0 Å². The quantitative estimate of drug-likeness (QED) is 0.657. The summed E-state index contributed by atoms with van der Waals surface area (Å²) in [4.78, 5) is 2.61. The molecule has 0 aromatic carbocycles. The first kappa shape index (κ1) is 18.0. The van der Waals surface area contributed by atoms with Gasteiger partial charge in [-0.1, -0.05) is 26.7 Å². The minimum absolute atomic E-state index is 0.867. The molecule has 0 aromatic rings. The molecule has 0 N–H and O–H groups in total. The van der Waals surface area contributed by atoms with E-state index in [4.69, 9.17) is 0 Å². The van der Waals surface area contributed by atoms with Crippen LogP contribution in [-0.2, 0) is 0 Å². The fraction of sp³-hybridized carbons (Fsp3) is 1.00. The van der Waals surface area contributed by atoms with Crippen LogP contribution in [0.4, 0.5) is 0 Å². The van der Waals surface area contributed by atoms with Crippen molar-refractivity contribution >= 4 is 0 Å². The molecule has 0 aromatic heterocycles. The molecule has 2 saturated heterocycles. The van der Waals surface area contributed by atoms with Crippen molar-refractivity contribution in [3.63, 3.8) is 0 Å². The van der Waals surface area contributed by atoms with Crippen LogP contribution in [0.1, 0.15) is 72.1 Å². The zero-order valence-corrected chi connectivity index (χ0v) is 14.7. The molecule has 1 unspecified atom stereocenters. The van der Waals surface area contributed by atoms with E-state index in [1.807, 2.05) is 0 Å². The summed E-state index contributed by atoms with van der Waals surface area (Å²) in [5, 5.41) is 0. The summed E-state index contributed by atoms with van der Waals surface area (Å²) in [5.41, 5.74) is 0. The Morgan fingerprint density at radius 3 is 2.15 bits per heavy atom. The zero-order valence-electron chi connectivity index (χ0n) is 14.7. The molecule has 2 heteroatoms.